The fourth-order valence-corrected chi connectivity index (χ4v) is 2.63. The van der Waals surface area contributed by atoms with E-state index in [2.05, 4.69) is 22.6 Å². The second-order valence-corrected chi connectivity index (χ2v) is 5.84. The standard InChI is InChI=1S/C14H27N3O/c1-17(13-4-2-3-5-13)9-8-15-11-14(18)16-10-12-6-7-12/h12-13,15H,2-11H2,1H3,(H,16,18). The van der Waals surface area contributed by atoms with E-state index in [0.29, 0.717) is 6.54 Å². The summed E-state index contributed by atoms with van der Waals surface area (Å²) < 4.78 is 0. The van der Waals surface area contributed by atoms with Crippen molar-refractivity contribution in [1.29, 1.82) is 0 Å². The predicted molar refractivity (Wildman–Crippen MR) is 73.5 cm³/mol. The van der Waals surface area contributed by atoms with Gasteiger partial charge in [0.1, 0.15) is 0 Å². The van der Waals surface area contributed by atoms with Gasteiger partial charge < -0.3 is 15.5 Å². The maximum atomic E-state index is 11.5. The fourth-order valence-electron chi connectivity index (χ4n) is 2.63. The first kappa shape index (κ1) is 13.8. The van der Waals surface area contributed by atoms with Crippen LogP contribution in [0.5, 0.6) is 0 Å². The van der Waals surface area contributed by atoms with Gasteiger partial charge in [0.05, 0.1) is 6.54 Å². The molecule has 0 aromatic heterocycles. The molecule has 2 fully saturated rings. The van der Waals surface area contributed by atoms with Crippen LogP contribution >= 0.6 is 0 Å². The molecule has 0 aromatic carbocycles. The lowest BCUT2D eigenvalue weighted by Gasteiger charge is -2.23. The van der Waals surface area contributed by atoms with Gasteiger partial charge in [0.25, 0.3) is 0 Å². The lowest BCUT2D eigenvalue weighted by molar-refractivity contribution is -0.120. The number of amides is 1. The molecule has 0 unspecified atom stereocenters. The van der Waals surface area contributed by atoms with Gasteiger partial charge in [0, 0.05) is 25.7 Å². The molecular weight excluding hydrogens is 226 g/mol. The van der Waals surface area contributed by atoms with E-state index in [4.69, 9.17) is 0 Å². The van der Waals surface area contributed by atoms with Crippen LogP contribution in [0.25, 0.3) is 0 Å². The molecule has 0 saturated heterocycles. The zero-order valence-corrected chi connectivity index (χ0v) is 11.6. The third-order valence-electron chi connectivity index (χ3n) is 4.16. The lowest BCUT2D eigenvalue weighted by atomic mass is 10.2. The fraction of sp³-hybridized carbons (Fsp3) is 0.929. The van der Waals surface area contributed by atoms with Crippen molar-refractivity contribution in [3.05, 3.63) is 0 Å². The Morgan fingerprint density at radius 1 is 1.22 bits per heavy atom. The molecule has 4 heteroatoms. The molecule has 4 nitrogen and oxygen atoms in total. The van der Waals surface area contributed by atoms with Crippen LogP contribution in [0.15, 0.2) is 0 Å². The number of carbonyl (C=O) groups is 1. The molecule has 2 aliphatic carbocycles. The minimum Gasteiger partial charge on any atom is -0.355 e. The summed E-state index contributed by atoms with van der Waals surface area (Å²) in [4.78, 5) is 13.9. The average molecular weight is 253 g/mol. The monoisotopic (exact) mass is 253 g/mol. The van der Waals surface area contributed by atoms with Gasteiger partial charge in [-0.25, -0.2) is 0 Å². The Kier molecular flexibility index (Phi) is 5.45. The second-order valence-electron chi connectivity index (χ2n) is 5.84. The van der Waals surface area contributed by atoms with Crippen molar-refractivity contribution in [3.8, 4) is 0 Å². The minimum absolute atomic E-state index is 0.144. The molecule has 0 spiro atoms. The highest BCUT2D eigenvalue weighted by atomic mass is 16.1. The van der Waals surface area contributed by atoms with E-state index in [1.807, 2.05) is 0 Å². The molecule has 2 saturated carbocycles. The number of nitrogens with zero attached hydrogens (tertiary/aromatic N) is 1. The summed E-state index contributed by atoms with van der Waals surface area (Å²) >= 11 is 0. The zero-order chi connectivity index (χ0) is 12.8. The largest absolute Gasteiger partial charge is 0.355 e. The summed E-state index contributed by atoms with van der Waals surface area (Å²) in [5.74, 6) is 0.910. The molecule has 18 heavy (non-hydrogen) atoms. The quantitative estimate of drug-likeness (QED) is 0.634. The Labute approximate surface area is 110 Å². The molecule has 0 heterocycles. The van der Waals surface area contributed by atoms with Crippen LogP contribution < -0.4 is 10.6 Å². The zero-order valence-electron chi connectivity index (χ0n) is 11.6. The molecule has 1 amide bonds. The average Bonchev–Trinajstić information content (AvgIpc) is 3.03. The van der Waals surface area contributed by atoms with Crippen LogP contribution in [0.2, 0.25) is 0 Å². The highest BCUT2D eigenvalue weighted by molar-refractivity contribution is 5.77. The molecule has 2 N–H and O–H groups in total. The van der Waals surface area contributed by atoms with Crippen molar-refractivity contribution >= 4 is 5.91 Å². The third kappa shape index (κ3) is 4.94. The van der Waals surface area contributed by atoms with E-state index in [1.54, 1.807) is 0 Å². The number of nitrogens with one attached hydrogen (secondary N) is 2. The smallest absolute Gasteiger partial charge is 0.233 e. The highest BCUT2D eigenvalue weighted by Gasteiger charge is 2.21. The normalized spacial score (nSPS) is 20.6. The van der Waals surface area contributed by atoms with E-state index >= 15 is 0 Å². The van der Waals surface area contributed by atoms with E-state index in [1.165, 1.54) is 38.5 Å². The molecule has 0 bridgehead atoms. The summed E-state index contributed by atoms with van der Waals surface area (Å²) in [5.41, 5.74) is 0. The number of carbonyl (C=O) groups excluding carboxylic acids is 1. The van der Waals surface area contributed by atoms with Crippen molar-refractivity contribution in [2.75, 3.05) is 33.2 Å². The first-order valence-electron chi connectivity index (χ1n) is 7.43. The van der Waals surface area contributed by atoms with Crippen molar-refractivity contribution in [2.24, 2.45) is 5.92 Å². The molecule has 104 valence electrons. The maximum absolute atomic E-state index is 11.5. The molecule has 0 radical (unpaired) electrons. The summed E-state index contributed by atoms with van der Waals surface area (Å²) in [6.45, 7) is 3.29. The molecule has 0 atom stereocenters. The molecular formula is C14H27N3O. The van der Waals surface area contributed by atoms with Crippen molar-refractivity contribution in [3.63, 3.8) is 0 Å². The number of hydrogen-bond donors (Lipinski definition) is 2. The minimum atomic E-state index is 0.144. The summed E-state index contributed by atoms with van der Waals surface area (Å²) in [5, 5.41) is 6.20. The first-order chi connectivity index (χ1) is 8.75. The molecule has 2 rings (SSSR count). The number of likely N-dealkylation sites (N-methyl/N-ethyl adjacent to an activating group) is 1. The Balaban J connectivity index is 1.45. The van der Waals surface area contributed by atoms with E-state index in [0.717, 1.165) is 31.6 Å². The van der Waals surface area contributed by atoms with Gasteiger partial charge >= 0.3 is 0 Å². The SMILES string of the molecule is CN(CCNCC(=O)NCC1CC1)C1CCCC1. The van der Waals surface area contributed by atoms with Crippen LogP contribution in [0, 0.1) is 5.92 Å². The summed E-state index contributed by atoms with van der Waals surface area (Å²) in [7, 11) is 2.20. The van der Waals surface area contributed by atoms with Crippen LogP contribution in [0.4, 0.5) is 0 Å². The number of hydrogen-bond acceptors (Lipinski definition) is 3. The van der Waals surface area contributed by atoms with Gasteiger partial charge in [0.2, 0.25) is 5.91 Å². The van der Waals surface area contributed by atoms with Gasteiger partial charge in [-0.2, -0.15) is 0 Å². The Morgan fingerprint density at radius 2 is 1.94 bits per heavy atom. The van der Waals surface area contributed by atoms with Gasteiger partial charge in [-0.1, -0.05) is 12.8 Å². The Hall–Kier alpha value is -0.610. The highest BCUT2D eigenvalue weighted by Crippen LogP contribution is 2.27. The Morgan fingerprint density at radius 3 is 2.61 bits per heavy atom. The topological polar surface area (TPSA) is 44.4 Å². The van der Waals surface area contributed by atoms with E-state index in [9.17, 15) is 4.79 Å². The van der Waals surface area contributed by atoms with E-state index < -0.39 is 0 Å². The molecule has 2 aliphatic rings. The third-order valence-corrected chi connectivity index (χ3v) is 4.16. The van der Waals surface area contributed by atoms with Crippen LogP contribution in [-0.4, -0.2) is 50.1 Å². The van der Waals surface area contributed by atoms with Crippen molar-refractivity contribution in [1.82, 2.24) is 15.5 Å². The van der Waals surface area contributed by atoms with E-state index in [-0.39, 0.29) is 5.91 Å². The maximum Gasteiger partial charge on any atom is 0.233 e. The summed E-state index contributed by atoms with van der Waals surface area (Å²) in [6.07, 6.45) is 8.04. The van der Waals surface area contributed by atoms with Crippen LogP contribution in [0.3, 0.4) is 0 Å². The first-order valence-corrected chi connectivity index (χ1v) is 7.43. The van der Waals surface area contributed by atoms with Crippen LogP contribution in [0.1, 0.15) is 38.5 Å². The van der Waals surface area contributed by atoms with Gasteiger partial charge in [-0.05, 0) is 38.6 Å². The Bertz CT molecular complexity index is 260. The summed E-state index contributed by atoms with van der Waals surface area (Å²) in [6, 6.07) is 0.774. The number of rotatable bonds is 8. The molecule has 0 aliphatic heterocycles. The van der Waals surface area contributed by atoms with Gasteiger partial charge in [-0.3, -0.25) is 4.79 Å². The van der Waals surface area contributed by atoms with Gasteiger partial charge in [0.15, 0.2) is 0 Å². The van der Waals surface area contributed by atoms with Crippen molar-refractivity contribution in [2.45, 2.75) is 44.6 Å². The second kappa shape index (κ2) is 7.10. The van der Waals surface area contributed by atoms with Crippen LogP contribution in [-0.2, 0) is 4.79 Å². The van der Waals surface area contributed by atoms with Crippen molar-refractivity contribution < 1.29 is 4.79 Å². The predicted octanol–water partition coefficient (Wildman–Crippen LogP) is 0.977. The van der Waals surface area contributed by atoms with Gasteiger partial charge in [-0.15, -0.1) is 0 Å². The lowest BCUT2D eigenvalue weighted by Crippen LogP contribution is -2.39. The molecule has 0 aromatic rings.